The highest BCUT2D eigenvalue weighted by Gasteiger charge is 2.47. The van der Waals surface area contributed by atoms with E-state index in [2.05, 4.69) is 5.32 Å². The molecule has 4 heteroatoms. The first kappa shape index (κ1) is 12.7. The maximum atomic E-state index is 11.9. The SMILES string of the molecule is CC(C)(C)OC(=O)NC12CCC(CC1)CC2N. The summed E-state index contributed by atoms with van der Waals surface area (Å²) in [6, 6.07) is 0.0857. The number of carbonyl (C=O) groups is 1. The van der Waals surface area contributed by atoms with Gasteiger partial charge in [-0.05, 0) is 58.8 Å². The Bertz CT molecular complexity index is 301. The fourth-order valence-corrected chi connectivity index (χ4v) is 3.11. The average molecular weight is 240 g/mol. The molecule has 0 aromatic heterocycles. The summed E-state index contributed by atoms with van der Waals surface area (Å²) in [6.45, 7) is 5.63. The second kappa shape index (κ2) is 4.16. The summed E-state index contributed by atoms with van der Waals surface area (Å²) in [5.41, 5.74) is 5.54. The number of carbonyl (C=O) groups excluding carboxylic acids is 1. The average Bonchev–Trinajstić information content (AvgIpc) is 2.17. The third-order valence-electron chi connectivity index (χ3n) is 4.04. The van der Waals surface area contributed by atoms with Gasteiger partial charge in [-0.3, -0.25) is 0 Å². The Hall–Kier alpha value is -0.770. The van der Waals surface area contributed by atoms with Crippen LogP contribution in [0.25, 0.3) is 0 Å². The molecule has 0 saturated heterocycles. The van der Waals surface area contributed by atoms with Crippen molar-refractivity contribution in [3.8, 4) is 0 Å². The summed E-state index contributed by atoms with van der Waals surface area (Å²) in [5, 5.41) is 3.04. The Labute approximate surface area is 103 Å². The molecule has 3 N–H and O–H groups in total. The normalized spacial score (nSPS) is 36.7. The Balaban J connectivity index is 1.99. The first-order valence-corrected chi connectivity index (χ1v) is 6.57. The van der Waals surface area contributed by atoms with Gasteiger partial charge in [-0.15, -0.1) is 0 Å². The largest absolute Gasteiger partial charge is 0.444 e. The van der Waals surface area contributed by atoms with Gasteiger partial charge in [0.05, 0.1) is 5.54 Å². The zero-order chi connectivity index (χ0) is 12.7. The summed E-state index contributed by atoms with van der Waals surface area (Å²) < 4.78 is 5.33. The fraction of sp³-hybridized carbons (Fsp3) is 0.923. The molecular weight excluding hydrogens is 216 g/mol. The van der Waals surface area contributed by atoms with Crippen LogP contribution in [0.5, 0.6) is 0 Å². The molecule has 1 atom stereocenters. The van der Waals surface area contributed by atoms with Crippen LogP contribution in [0.2, 0.25) is 0 Å². The van der Waals surface area contributed by atoms with E-state index in [0.717, 1.165) is 25.2 Å². The second-order valence-corrected chi connectivity index (χ2v) is 6.57. The quantitative estimate of drug-likeness (QED) is 0.738. The lowest BCUT2D eigenvalue weighted by atomic mass is 9.63. The molecule has 3 rings (SSSR count). The van der Waals surface area contributed by atoms with Crippen LogP contribution in [0.1, 0.15) is 52.9 Å². The van der Waals surface area contributed by atoms with Crippen LogP contribution in [0.3, 0.4) is 0 Å². The number of rotatable bonds is 1. The predicted octanol–water partition coefficient (Wildman–Crippen LogP) is 2.17. The summed E-state index contributed by atoms with van der Waals surface area (Å²) in [5.74, 6) is 0.771. The van der Waals surface area contributed by atoms with Crippen molar-refractivity contribution in [2.45, 2.75) is 70.1 Å². The van der Waals surface area contributed by atoms with Gasteiger partial charge in [0.25, 0.3) is 0 Å². The van der Waals surface area contributed by atoms with Gasteiger partial charge in [0.1, 0.15) is 5.60 Å². The van der Waals surface area contributed by atoms with Crippen LogP contribution in [0.15, 0.2) is 0 Å². The molecule has 0 aliphatic heterocycles. The Kier molecular flexibility index (Phi) is 3.10. The number of hydrogen-bond donors (Lipinski definition) is 2. The zero-order valence-corrected chi connectivity index (χ0v) is 11.1. The lowest BCUT2D eigenvalue weighted by molar-refractivity contribution is 0.0255. The van der Waals surface area contributed by atoms with Crippen molar-refractivity contribution in [2.75, 3.05) is 0 Å². The summed E-state index contributed by atoms with van der Waals surface area (Å²) in [6.07, 6.45) is 5.08. The third-order valence-corrected chi connectivity index (χ3v) is 4.04. The van der Waals surface area contributed by atoms with Gasteiger partial charge in [0, 0.05) is 6.04 Å². The number of nitrogens with one attached hydrogen (secondary N) is 1. The van der Waals surface area contributed by atoms with Crippen LogP contribution in [0, 0.1) is 5.92 Å². The van der Waals surface area contributed by atoms with E-state index in [1.54, 1.807) is 0 Å². The van der Waals surface area contributed by atoms with Crippen molar-refractivity contribution in [1.29, 1.82) is 0 Å². The van der Waals surface area contributed by atoms with Crippen LogP contribution in [0.4, 0.5) is 4.79 Å². The molecule has 0 aromatic rings. The van der Waals surface area contributed by atoms with Crippen LogP contribution >= 0.6 is 0 Å². The van der Waals surface area contributed by atoms with E-state index >= 15 is 0 Å². The number of ether oxygens (including phenoxy) is 1. The van der Waals surface area contributed by atoms with E-state index in [-0.39, 0.29) is 17.7 Å². The topological polar surface area (TPSA) is 64.3 Å². The van der Waals surface area contributed by atoms with Gasteiger partial charge in [0.15, 0.2) is 0 Å². The molecule has 3 fully saturated rings. The first-order chi connectivity index (χ1) is 7.81. The third kappa shape index (κ3) is 2.73. The highest BCUT2D eigenvalue weighted by Crippen LogP contribution is 2.43. The second-order valence-electron chi connectivity index (χ2n) is 6.57. The molecule has 4 nitrogen and oxygen atoms in total. The molecule has 3 aliphatic carbocycles. The van der Waals surface area contributed by atoms with Crippen molar-refractivity contribution in [3.63, 3.8) is 0 Å². The molecule has 1 amide bonds. The number of alkyl carbamates (subject to hydrolysis) is 1. The molecule has 0 radical (unpaired) electrons. The molecule has 3 saturated carbocycles. The standard InChI is InChI=1S/C13H24N2O2/c1-12(2,3)17-11(16)15-13-6-4-9(5-7-13)8-10(13)14/h9-10H,4-8,14H2,1-3H3,(H,15,16). The first-order valence-electron chi connectivity index (χ1n) is 6.57. The highest BCUT2D eigenvalue weighted by molar-refractivity contribution is 5.69. The minimum Gasteiger partial charge on any atom is -0.444 e. The maximum Gasteiger partial charge on any atom is 0.408 e. The van der Waals surface area contributed by atoms with Gasteiger partial charge in [-0.25, -0.2) is 4.79 Å². The van der Waals surface area contributed by atoms with Crippen molar-refractivity contribution in [3.05, 3.63) is 0 Å². The van der Waals surface area contributed by atoms with E-state index in [4.69, 9.17) is 10.5 Å². The summed E-state index contributed by atoms with van der Waals surface area (Å²) in [7, 11) is 0. The number of hydrogen-bond acceptors (Lipinski definition) is 3. The molecule has 0 aromatic carbocycles. The Morgan fingerprint density at radius 2 is 1.94 bits per heavy atom. The van der Waals surface area contributed by atoms with Crippen molar-refractivity contribution in [2.24, 2.45) is 11.7 Å². The molecule has 0 spiro atoms. The molecular formula is C13H24N2O2. The van der Waals surface area contributed by atoms with E-state index in [1.807, 2.05) is 20.8 Å². The number of amides is 1. The molecule has 1 unspecified atom stereocenters. The van der Waals surface area contributed by atoms with E-state index in [1.165, 1.54) is 12.8 Å². The predicted molar refractivity (Wildman–Crippen MR) is 66.7 cm³/mol. The highest BCUT2D eigenvalue weighted by atomic mass is 16.6. The Morgan fingerprint density at radius 3 is 2.41 bits per heavy atom. The van der Waals surface area contributed by atoms with Gasteiger partial charge in [-0.2, -0.15) is 0 Å². The smallest absolute Gasteiger partial charge is 0.408 e. The van der Waals surface area contributed by atoms with Crippen molar-refractivity contribution in [1.82, 2.24) is 5.32 Å². The van der Waals surface area contributed by atoms with E-state index in [0.29, 0.717) is 0 Å². The molecule has 0 heterocycles. The van der Waals surface area contributed by atoms with Gasteiger partial charge in [-0.1, -0.05) is 0 Å². The van der Waals surface area contributed by atoms with Crippen molar-refractivity contribution >= 4 is 6.09 Å². The molecule has 17 heavy (non-hydrogen) atoms. The summed E-state index contributed by atoms with van der Waals surface area (Å²) >= 11 is 0. The van der Waals surface area contributed by atoms with Gasteiger partial charge >= 0.3 is 6.09 Å². The minimum atomic E-state index is -0.448. The lowest BCUT2D eigenvalue weighted by Gasteiger charge is -2.50. The van der Waals surface area contributed by atoms with Gasteiger partial charge < -0.3 is 15.8 Å². The number of nitrogens with two attached hydrogens (primary N) is 1. The minimum absolute atomic E-state index is 0.0857. The fourth-order valence-electron chi connectivity index (χ4n) is 3.11. The molecule has 2 bridgehead atoms. The monoisotopic (exact) mass is 240 g/mol. The number of fused-ring (bicyclic) bond motifs is 3. The van der Waals surface area contributed by atoms with Crippen LogP contribution < -0.4 is 11.1 Å². The molecule has 3 aliphatic rings. The zero-order valence-electron chi connectivity index (χ0n) is 11.1. The van der Waals surface area contributed by atoms with Crippen molar-refractivity contribution < 1.29 is 9.53 Å². The van der Waals surface area contributed by atoms with Crippen LogP contribution in [-0.2, 0) is 4.74 Å². The summed E-state index contributed by atoms with van der Waals surface area (Å²) in [4.78, 5) is 11.9. The molecule has 98 valence electrons. The van der Waals surface area contributed by atoms with E-state index < -0.39 is 5.60 Å². The van der Waals surface area contributed by atoms with Crippen LogP contribution in [-0.4, -0.2) is 23.3 Å². The van der Waals surface area contributed by atoms with E-state index in [9.17, 15) is 4.79 Å². The van der Waals surface area contributed by atoms with Gasteiger partial charge in [0.2, 0.25) is 0 Å². The Morgan fingerprint density at radius 1 is 1.35 bits per heavy atom. The maximum absolute atomic E-state index is 11.9. The lowest BCUT2D eigenvalue weighted by Crippen LogP contribution is -2.65.